The summed E-state index contributed by atoms with van der Waals surface area (Å²) in [4.78, 5) is 14.6. The van der Waals surface area contributed by atoms with Crippen LogP contribution in [0.5, 0.6) is 5.75 Å². The van der Waals surface area contributed by atoms with Crippen molar-refractivity contribution in [3.8, 4) is 5.75 Å². The third kappa shape index (κ3) is 4.54. The van der Waals surface area contributed by atoms with Gasteiger partial charge in [0, 0.05) is 25.3 Å². The molecule has 1 fully saturated rings. The summed E-state index contributed by atoms with van der Waals surface area (Å²) in [6, 6.07) is 12.2. The van der Waals surface area contributed by atoms with E-state index in [4.69, 9.17) is 9.47 Å². The average Bonchev–Trinajstić information content (AvgIpc) is 2.73. The number of halogens is 1. The largest absolute Gasteiger partial charge is 0.491 e. The Balaban J connectivity index is 1.29. The number of rotatable bonds is 4. The molecule has 2 aromatic rings. The van der Waals surface area contributed by atoms with Crippen molar-refractivity contribution in [1.29, 1.82) is 0 Å². The lowest BCUT2D eigenvalue weighted by atomic mass is 10.0. The van der Waals surface area contributed by atoms with E-state index in [1.807, 2.05) is 12.1 Å². The summed E-state index contributed by atoms with van der Waals surface area (Å²) < 4.78 is 24.4. The molecule has 2 N–H and O–H groups in total. The molecule has 0 saturated carbocycles. The van der Waals surface area contributed by atoms with E-state index in [2.05, 4.69) is 27.7 Å². The number of hydrogen-bond acceptors (Lipinski definition) is 4. The van der Waals surface area contributed by atoms with Crippen LogP contribution in [0.2, 0.25) is 0 Å². The number of hydrogen-bond donors (Lipinski definition) is 2. The fourth-order valence-corrected chi connectivity index (χ4v) is 3.56. The van der Waals surface area contributed by atoms with Gasteiger partial charge in [-0.15, -0.1) is 0 Å². The third-order valence-corrected chi connectivity index (χ3v) is 5.00. The van der Waals surface area contributed by atoms with Crippen LogP contribution in [-0.4, -0.2) is 45.0 Å². The van der Waals surface area contributed by atoms with E-state index in [0.29, 0.717) is 25.3 Å². The second-order valence-electron chi connectivity index (χ2n) is 7.06. The van der Waals surface area contributed by atoms with Crippen LogP contribution >= 0.6 is 0 Å². The predicted molar refractivity (Wildman–Crippen MR) is 104 cm³/mol. The van der Waals surface area contributed by atoms with Gasteiger partial charge in [-0.2, -0.15) is 0 Å². The molecule has 148 valence electrons. The fraction of sp³-hybridized carbons (Fsp3) is 0.381. The van der Waals surface area contributed by atoms with Crippen molar-refractivity contribution >= 4 is 11.7 Å². The number of carbonyl (C=O) groups is 1. The number of benzene rings is 2. The number of anilines is 1. The van der Waals surface area contributed by atoms with E-state index in [0.717, 1.165) is 43.1 Å². The van der Waals surface area contributed by atoms with E-state index in [9.17, 15) is 9.18 Å². The molecule has 0 aliphatic carbocycles. The van der Waals surface area contributed by atoms with Crippen LogP contribution in [0.15, 0.2) is 42.5 Å². The molecule has 0 aromatic heterocycles. The van der Waals surface area contributed by atoms with Crippen LogP contribution in [-0.2, 0) is 17.7 Å². The standard InChI is InChI=1S/C21H24FN3O3/c22-17-4-5-20-16(11-17)12-18(14-28-20)24-21(26)23-13-15-2-1-3-19(10-15)25-6-8-27-9-7-25/h1-5,10-11,18H,6-9,12-14H2,(H2,23,24,26). The van der Waals surface area contributed by atoms with Gasteiger partial charge in [0.15, 0.2) is 0 Å². The quantitative estimate of drug-likeness (QED) is 0.849. The molecule has 6 nitrogen and oxygen atoms in total. The minimum absolute atomic E-state index is 0.186. The zero-order valence-corrected chi connectivity index (χ0v) is 15.6. The highest BCUT2D eigenvalue weighted by atomic mass is 19.1. The Morgan fingerprint density at radius 3 is 2.89 bits per heavy atom. The summed E-state index contributed by atoms with van der Waals surface area (Å²) in [5, 5.41) is 5.79. The second kappa shape index (κ2) is 8.48. The van der Waals surface area contributed by atoms with Crippen molar-refractivity contribution in [3.63, 3.8) is 0 Å². The van der Waals surface area contributed by atoms with Gasteiger partial charge in [-0.25, -0.2) is 9.18 Å². The maximum atomic E-state index is 13.4. The van der Waals surface area contributed by atoms with Gasteiger partial charge in [-0.05, 0) is 47.9 Å². The van der Waals surface area contributed by atoms with Crippen LogP contribution < -0.4 is 20.3 Å². The van der Waals surface area contributed by atoms with E-state index in [1.165, 1.54) is 12.1 Å². The van der Waals surface area contributed by atoms with Gasteiger partial charge in [0.2, 0.25) is 0 Å². The first-order valence-corrected chi connectivity index (χ1v) is 9.54. The van der Waals surface area contributed by atoms with Crippen molar-refractivity contribution in [1.82, 2.24) is 10.6 Å². The highest BCUT2D eigenvalue weighted by Crippen LogP contribution is 2.25. The molecular weight excluding hydrogens is 361 g/mol. The van der Waals surface area contributed by atoms with Gasteiger partial charge in [-0.1, -0.05) is 12.1 Å². The van der Waals surface area contributed by atoms with Gasteiger partial charge in [-0.3, -0.25) is 0 Å². The summed E-state index contributed by atoms with van der Waals surface area (Å²) in [5.74, 6) is 0.382. The lowest BCUT2D eigenvalue weighted by Gasteiger charge is -2.29. The number of nitrogens with zero attached hydrogens (tertiary/aromatic N) is 1. The average molecular weight is 385 g/mol. The monoisotopic (exact) mass is 385 g/mol. The number of nitrogens with one attached hydrogen (secondary N) is 2. The zero-order valence-electron chi connectivity index (χ0n) is 15.6. The van der Waals surface area contributed by atoms with Crippen LogP contribution in [0.4, 0.5) is 14.9 Å². The van der Waals surface area contributed by atoms with Gasteiger partial charge in [0.1, 0.15) is 18.2 Å². The molecule has 1 unspecified atom stereocenters. The lowest BCUT2D eigenvalue weighted by Crippen LogP contribution is -2.47. The number of amides is 2. The highest BCUT2D eigenvalue weighted by molar-refractivity contribution is 5.74. The Morgan fingerprint density at radius 1 is 1.18 bits per heavy atom. The normalized spacial score (nSPS) is 18.8. The first kappa shape index (κ1) is 18.6. The Kier molecular flexibility index (Phi) is 5.62. The fourth-order valence-electron chi connectivity index (χ4n) is 3.56. The van der Waals surface area contributed by atoms with E-state index < -0.39 is 0 Å². The minimum atomic E-state index is -0.299. The lowest BCUT2D eigenvalue weighted by molar-refractivity contribution is 0.122. The molecule has 1 saturated heterocycles. The molecule has 2 amide bonds. The molecular formula is C21H24FN3O3. The van der Waals surface area contributed by atoms with Crippen molar-refractivity contribution in [3.05, 3.63) is 59.4 Å². The van der Waals surface area contributed by atoms with Crippen LogP contribution in [0.1, 0.15) is 11.1 Å². The maximum absolute atomic E-state index is 13.4. The van der Waals surface area contributed by atoms with E-state index in [-0.39, 0.29) is 17.9 Å². The molecule has 2 aliphatic rings. The van der Waals surface area contributed by atoms with E-state index in [1.54, 1.807) is 6.07 Å². The van der Waals surface area contributed by atoms with Crippen molar-refractivity contribution in [2.45, 2.75) is 19.0 Å². The van der Waals surface area contributed by atoms with E-state index >= 15 is 0 Å². The maximum Gasteiger partial charge on any atom is 0.315 e. The predicted octanol–water partition coefficient (Wildman–Crippen LogP) is 2.47. The summed E-state index contributed by atoms with van der Waals surface area (Å²) in [7, 11) is 0. The molecule has 0 bridgehead atoms. The molecule has 28 heavy (non-hydrogen) atoms. The van der Waals surface area contributed by atoms with Crippen LogP contribution in [0.25, 0.3) is 0 Å². The summed E-state index contributed by atoms with van der Waals surface area (Å²) in [6.07, 6.45) is 0.549. The molecule has 7 heteroatoms. The highest BCUT2D eigenvalue weighted by Gasteiger charge is 2.21. The number of morpholine rings is 1. The van der Waals surface area contributed by atoms with Gasteiger partial charge in [0.25, 0.3) is 0 Å². The molecule has 2 aromatic carbocycles. The van der Waals surface area contributed by atoms with Crippen molar-refractivity contribution < 1.29 is 18.7 Å². The smallest absolute Gasteiger partial charge is 0.315 e. The summed E-state index contributed by atoms with van der Waals surface area (Å²) >= 11 is 0. The van der Waals surface area contributed by atoms with Crippen molar-refractivity contribution in [2.24, 2.45) is 0 Å². The molecule has 0 spiro atoms. The summed E-state index contributed by atoms with van der Waals surface area (Å²) in [5.41, 5.74) is 2.95. The molecule has 0 radical (unpaired) electrons. The topological polar surface area (TPSA) is 62.8 Å². The Hall–Kier alpha value is -2.80. The third-order valence-electron chi connectivity index (χ3n) is 5.00. The molecule has 2 aliphatic heterocycles. The molecule has 4 rings (SSSR count). The van der Waals surface area contributed by atoms with Gasteiger partial charge >= 0.3 is 6.03 Å². The Labute approximate surface area is 163 Å². The first-order valence-electron chi connectivity index (χ1n) is 9.54. The number of ether oxygens (including phenoxy) is 2. The first-order chi connectivity index (χ1) is 13.7. The van der Waals surface area contributed by atoms with Crippen molar-refractivity contribution in [2.75, 3.05) is 37.8 Å². The Bertz CT molecular complexity index is 839. The van der Waals surface area contributed by atoms with Gasteiger partial charge in [0.05, 0.1) is 19.3 Å². The van der Waals surface area contributed by atoms with Crippen LogP contribution in [0, 0.1) is 5.82 Å². The SMILES string of the molecule is O=C(NCc1cccc(N2CCOCC2)c1)NC1COc2ccc(F)cc2C1. The second-order valence-corrected chi connectivity index (χ2v) is 7.06. The zero-order chi connectivity index (χ0) is 19.3. The number of urea groups is 1. The minimum Gasteiger partial charge on any atom is -0.491 e. The number of carbonyl (C=O) groups excluding carboxylic acids is 1. The van der Waals surface area contributed by atoms with Crippen LogP contribution in [0.3, 0.4) is 0 Å². The molecule has 1 atom stereocenters. The Morgan fingerprint density at radius 2 is 2.04 bits per heavy atom. The summed E-state index contributed by atoms with van der Waals surface area (Å²) in [6.45, 7) is 4.03. The van der Waals surface area contributed by atoms with Gasteiger partial charge < -0.3 is 25.0 Å². The molecule has 2 heterocycles. The number of fused-ring (bicyclic) bond motifs is 1.